The van der Waals surface area contributed by atoms with Gasteiger partial charge in [-0.1, -0.05) is 23.7 Å². The molecular formula is C7H7ClNSi. The van der Waals surface area contributed by atoms with Gasteiger partial charge < -0.3 is 5.32 Å². The molecular weight excluding hydrogens is 162 g/mol. The molecule has 51 valence electrons. The Morgan fingerprint density at radius 1 is 1.50 bits per heavy atom. The molecule has 0 bridgehead atoms. The van der Waals surface area contributed by atoms with E-state index in [2.05, 4.69) is 15.6 Å². The fourth-order valence-corrected chi connectivity index (χ4v) is 1.48. The Morgan fingerprint density at radius 3 is 2.60 bits per heavy atom. The first-order chi connectivity index (χ1) is 4.75. The second kappa shape index (κ2) is 3.08. The maximum Gasteiger partial charge on any atom is 0.0741 e. The van der Waals surface area contributed by atoms with Crippen LogP contribution in [0.5, 0.6) is 0 Å². The van der Waals surface area contributed by atoms with E-state index in [-0.39, 0.29) is 0 Å². The fourth-order valence-electron chi connectivity index (χ4n) is 0.778. The maximum absolute atomic E-state index is 5.84. The van der Waals surface area contributed by atoms with Gasteiger partial charge in [0.2, 0.25) is 0 Å². The smallest absolute Gasteiger partial charge is 0.0741 e. The van der Waals surface area contributed by atoms with E-state index in [0.29, 0.717) is 0 Å². The van der Waals surface area contributed by atoms with E-state index in [4.69, 9.17) is 11.6 Å². The molecule has 1 rings (SSSR count). The van der Waals surface area contributed by atoms with Crippen LogP contribution in [0, 0.1) is 0 Å². The third-order valence-electron chi connectivity index (χ3n) is 1.26. The number of para-hydroxylation sites is 1. The summed E-state index contributed by atoms with van der Waals surface area (Å²) in [5.74, 6) is 0. The first-order valence-corrected chi connectivity index (χ1v) is 3.81. The van der Waals surface area contributed by atoms with E-state index in [1.54, 1.807) is 0 Å². The molecule has 0 amide bonds. The Hall–Kier alpha value is -0.473. The molecule has 1 nitrogen and oxygen atoms in total. The highest BCUT2D eigenvalue weighted by molar-refractivity contribution is 6.41. The zero-order valence-corrected chi connectivity index (χ0v) is 7.37. The molecule has 1 aromatic rings. The Balaban J connectivity index is 3.17. The van der Waals surface area contributed by atoms with Crippen molar-refractivity contribution in [3.63, 3.8) is 0 Å². The lowest BCUT2D eigenvalue weighted by atomic mass is 10.3. The van der Waals surface area contributed by atoms with Gasteiger partial charge in [-0.15, -0.1) is 0 Å². The summed E-state index contributed by atoms with van der Waals surface area (Å²) in [4.78, 5) is 0. The summed E-state index contributed by atoms with van der Waals surface area (Å²) in [6, 6.07) is 5.68. The lowest BCUT2D eigenvalue weighted by Crippen LogP contribution is -2.09. The zero-order chi connectivity index (χ0) is 7.56. The monoisotopic (exact) mass is 168 g/mol. The van der Waals surface area contributed by atoms with E-state index in [1.165, 1.54) is 0 Å². The summed E-state index contributed by atoms with van der Waals surface area (Å²) in [5.41, 5.74) is 0.931. The van der Waals surface area contributed by atoms with E-state index >= 15 is 0 Å². The third kappa shape index (κ3) is 1.33. The highest BCUT2D eigenvalue weighted by Gasteiger charge is 1.98. The quantitative estimate of drug-likeness (QED) is 0.621. The molecule has 0 aliphatic heterocycles. The van der Waals surface area contributed by atoms with Gasteiger partial charge in [0.25, 0.3) is 0 Å². The average molecular weight is 169 g/mol. The van der Waals surface area contributed by atoms with Crippen molar-refractivity contribution in [2.45, 2.75) is 0 Å². The molecule has 0 fully saturated rings. The topological polar surface area (TPSA) is 12.0 Å². The summed E-state index contributed by atoms with van der Waals surface area (Å²) >= 11 is 5.84. The van der Waals surface area contributed by atoms with Crippen molar-refractivity contribution < 1.29 is 0 Å². The van der Waals surface area contributed by atoms with Gasteiger partial charge in [0.1, 0.15) is 0 Å². The van der Waals surface area contributed by atoms with Gasteiger partial charge in [-0.3, -0.25) is 0 Å². The van der Waals surface area contributed by atoms with Crippen LogP contribution in [0.15, 0.2) is 18.2 Å². The van der Waals surface area contributed by atoms with Crippen LogP contribution in [0.25, 0.3) is 0 Å². The zero-order valence-electron chi connectivity index (χ0n) is 5.61. The Morgan fingerprint density at radius 2 is 2.20 bits per heavy atom. The van der Waals surface area contributed by atoms with E-state index in [1.807, 2.05) is 25.2 Å². The largest absolute Gasteiger partial charge is 0.387 e. The lowest BCUT2D eigenvalue weighted by molar-refractivity contribution is 1.54. The normalized spacial score (nSPS) is 9.50. The van der Waals surface area contributed by atoms with Crippen LogP contribution >= 0.6 is 11.6 Å². The Labute approximate surface area is 68.8 Å². The van der Waals surface area contributed by atoms with Gasteiger partial charge >= 0.3 is 0 Å². The summed E-state index contributed by atoms with van der Waals surface area (Å²) in [5, 5.41) is 4.70. The summed E-state index contributed by atoms with van der Waals surface area (Å²) < 4.78 is 0. The van der Waals surface area contributed by atoms with Crippen LogP contribution in [0.4, 0.5) is 5.69 Å². The molecule has 0 heterocycles. The predicted octanol–water partition coefficient (Wildman–Crippen LogP) is 1.18. The van der Waals surface area contributed by atoms with Gasteiger partial charge in [-0.05, 0) is 11.3 Å². The van der Waals surface area contributed by atoms with Crippen molar-refractivity contribution in [2.75, 3.05) is 12.4 Å². The van der Waals surface area contributed by atoms with Gasteiger partial charge in [-0.25, -0.2) is 0 Å². The summed E-state index contributed by atoms with van der Waals surface area (Å²) in [6.45, 7) is 0. The molecule has 0 spiro atoms. The van der Waals surface area contributed by atoms with E-state index < -0.39 is 0 Å². The Bertz CT molecular complexity index is 217. The first-order valence-electron chi connectivity index (χ1n) is 2.93. The van der Waals surface area contributed by atoms with E-state index in [0.717, 1.165) is 15.9 Å². The molecule has 0 aliphatic carbocycles. The van der Waals surface area contributed by atoms with Gasteiger partial charge in [0.05, 0.1) is 21.0 Å². The second-order valence-corrected chi connectivity index (χ2v) is 2.86. The molecule has 0 atom stereocenters. The number of halogens is 1. The highest BCUT2D eigenvalue weighted by Crippen LogP contribution is 2.16. The summed E-state index contributed by atoms with van der Waals surface area (Å²) in [6.07, 6.45) is 0. The van der Waals surface area contributed by atoms with E-state index in [9.17, 15) is 0 Å². The highest BCUT2D eigenvalue weighted by atomic mass is 35.5. The molecule has 3 radical (unpaired) electrons. The molecule has 0 saturated carbocycles. The molecule has 0 aromatic heterocycles. The molecule has 0 unspecified atom stereocenters. The van der Waals surface area contributed by atoms with Crippen LogP contribution in [-0.2, 0) is 0 Å². The molecule has 3 heteroatoms. The molecule has 1 N–H and O–H groups in total. The Kier molecular flexibility index (Phi) is 2.35. The number of nitrogens with one attached hydrogen (secondary N) is 1. The number of hydrogen-bond acceptors (Lipinski definition) is 1. The lowest BCUT2D eigenvalue weighted by Gasteiger charge is -2.05. The van der Waals surface area contributed by atoms with Crippen molar-refractivity contribution in [3.8, 4) is 0 Å². The predicted molar refractivity (Wildman–Crippen MR) is 46.4 cm³/mol. The van der Waals surface area contributed by atoms with Crippen LogP contribution in [-0.4, -0.2) is 17.3 Å². The van der Waals surface area contributed by atoms with Crippen LogP contribution < -0.4 is 10.5 Å². The fraction of sp³-hybridized carbons (Fsp3) is 0.143. The van der Waals surface area contributed by atoms with Crippen LogP contribution in [0.2, 0.25) is 5.02 Å². The van der Waals surface area contributed by atoms with Crippen LogP contribution in [0.3, 0.4) is 0 Å². The number of rotatable bonds is 1. The summed E-state index contributed by atoms with van der Waals surface area (Å²) in [7, 11) is 5.25. The number of anilines is 1. The minimum Gasteiger partial charge on any atom is -0.387 e. The van der Waals surface area contributed by atoms with Gasteiger partial charge in [0.15, 0.2) is 0 Å². The average Bonchev–Trinajstić information content (AvgIpc) is 1.88. The van der Waals surface area contributed by atoms with Crippen molar-refractivity contribution in [2.24, 2.45) is 0 Å². The minimum atomic E-state index is 0.731. The molecule has 0 saturated heterocycles. The van der Waals surface area contributed by atoms with Gasteiger partial charge in [0, 0.05) is 7.05 Å². The van der Waals surface area contributed by atoms with Crippen LogP contribution in [0.1, 0.15) is 0 Å². The number of hydrogen-bond donors (Lipinski definition) is 1. The SMILES string of the molecule is CNc1c([Si])cccc1Cl. The first kappa shape index (κ1) is 7.63. The van der Waals surface area contributed by atoms with Crippen molar-refractivity contribution in [3.05, 3.63) is 23.2 Å². The molecule has 10 heavy (non-hydrogen) atoms. The number of benzene rings is 1. The van der Waals surface area contributed by atoms with Crippen molar-refractivity contribution >= 4 is 32.7 Å². The third-order valence-corrected chi connectivity index (χ3v) is 2.00. The second-order valence-electron chi connectivity index (χ2n) is 1.91. The molecule has 1 aromatic carbocycles. The molecule has 0 aliphatic rings. The maximum atomic E-state index is 5.84. The van der Waals surface area contributed by atoms with Crippen molar-refractivity contribution in [1.82, 2.24) is 0 Å². The van der Waals surface area contributed by atoms with Gasteiger partial charge in [-0.2, -0.15) is 0 Å². The standard InChI is InChI=1S/C7H7ClNSi/c1-9-7-5(8)3-2-4-6(7)10/h2-4,9H,1H3. The van der Waals surface area contributed by atoms with Crippen molar-refractivity contribution in [1.29, 1.82) is 0 Å². The minimum absolute atomic E-state index is 0.731.